The Bertz CT molecular complexity index is 2940. The summed E-state index contributed by atoms with van der Waals surface area (Å²) in [5.41, 5.74) is 14.9. The lowest BCUT2D eigenvalue weighted by molar-refractivity contribution is -0.666. The molecule has 0 spiro atoms. The maximum absolute atomic E-state index is 13.7. The van der Waals surface area contributed by atoms with Crippen molar-refractivity contribution in [2.24, 2.45) is 14.1 Å². The van der Waals surface area contributed by atoms with Gasteiger partial charge in [-0.3, -0.25) is 0 Å². The van der Waals surface area contributed by atoms with Gasteiger partial charge in [-0.05, 0) is 132 Å². The average Bonchev–Trinajstić information content (AvgIpc) is 3.37. The van der Waals surface area contributed by atoms with E-state index in [0.29, 0.717) is 32.4 Å². The van der Waals surface area contributed by atoms with Crippen molar-refractivity contribution >= 4 is 29.2 Å². The molecule has 2 heterocycles. The summed E-state index contributed by atoms with van der Waals surface area (Å²) in [7, 11) is 10.1. The minimum absolute atomic E-state index is 0.231. The van der Waals surface area contributed by atoms with Crippen molar-refractivity contribution in [3.05, 3.63) is 174 Å². The van der Waals surface area contributed by atoms with Crippen molar-refractivity contribution in [3.63, 3.8) is 0 Å². The highest BCUT2D eigenvalue weighted by Crippen LogP contribution is 2.30. The van der Waals surface area contributed by atoms with Crippen LogP contribution in [-0.2, 0) is 14.1 Å². The number of aryl methyl sites for hydroxylation is 1. The summed E-state index contributed by atoms with van der Waals surface area (Å²) in [5.74, 6) is -0.490. The number of anilines is 3. The molecule has 0 atom stereocenters. The Labute approximate surface area is 407 Å². The number of hydrogen-bond acceptors (Lipinski definition) is 6. The van der Waals surface area contributed by atoms with Gasteiger partial charge in [0.25, 0.3) is 0 Å². The van der Waals surface area contributed by atoms with Crippen LogP contribution in [0.5, 0.6) is 0 Å². The maximum Gasteiger partial charge on any atom is 0.213 e. The van der Waals surface area contributed by atoms with Crippen molar-refractivity contribution in [2.45, 2.75) is 39.0 Å². The van der Waals surface area contributed by atoms with Crippen LogP contribution in [0.2, 0.25) is 0 Å². The highest BCUT2D eigenvalue weighted by molar-refractivity contribution is 5.76. The molecule has 0 aliphatic heterocycles. The van der Waals surface area contributed by atoms with Crippen molar-refractivity contribution in [3.8, 4) is 63.0 Å². The maximum atomic E-state index is 13.7. The molecule has 69 heavy (non-hydrogen) atoms. The van der Waals surface area contributed by atoms with Crippen molar-refractivity contribution in [2.75, 3.05) is 55.5 Å². The quantitative estimate of drug-likeness (QED) is 0.0668. The van der Waals surface area contributed by atoms with Crippen LogP contribution in [-0.4, -0.2) is 40.8 Å². The molecule has 0 N–H and O–H groups in total. The normalized spacial score (nSPS) is 10.7. The average molecular weight is 919 g/mol. The molecule has 8 nitrogen and oxygen atoms in total. The van der Waals surface area contributed by atoms with Crippen LogP contribution in [0, 0.1) is 52.6 Å². The van der Waals surface area contributed by atoms with E-state index in [1.54, 1.807) is 12.1 Å². The SMILES string of the molecule is CN(CCC#N)c1ccc(-c2cc(/C=C/c3ccc(N(C)CCCCC#N)cc3)[n+](C)c(-c3ccc(F)cc3)c2)cc1.Cc1cc(-c2ccc(N(C)CCC#N)cc2)cc(-c2ccc(F)cc2)[n+]1C. The zero-order chi connectivity index (χ0) is 49.3. The first-order chi connectivity index (χ1) is 33.4. The van der Waals surface area contributed by atoms with Gasteiger partial charge < -0.3 is 14.7 Å². The molecule has 348 valence electrons. The third-order valence-corrected chi connectivity index (χ3v) is 12.4. The third-order valence-electron chi connectivity index (χ3n) is 12.4. The molecule has 5 aromatic carbocycles. The Kier molecular flexibility index (Phi) is 17.9. The lowest BCUT2D eigenvalue weighted by Gasteiger charge is -2.19. The number of nitrogens with zero attached hydrogens (tertiary/aromatic N) is 8. The van der Waals surface area contributed by atoms with Gasteiger partial charge in [-0.25, -0.2) is 8.78 Å². The van der Waals surface area contributed by atoms with Crippen LogP contribution >= 0.6 is 0 Å². The fraction of sp³-hybridized carbons (Fsp3) is 0.237. The van der Waals surface area contributed by atoms with Gasteiger partial charge in [-0.2, -0.15) is 24.9 Å². The number of aromatic nitrogens is 2. The van der Waals surface area contributed by atoms with Crippen molar-refractivity contribution in [1.29, 1.82) is 15.8 Å². The lowest BCUT2D eigenvalue weighted by Crippen LogP contribution is -2.34. The molecule has 0 bridgehead atoms. The van der Waals surface area contributed by atoms with Crippen LogP contribution in [0.1, 0.15) is 49.1 Å². The number of unbranched alkanes of at least 4 members (excludes halogenated alkanes) is 2. The van der Waals surface area contributed by atoms with E-state index in [1.165, 1.54) is 24.3 Å². The van der Waals surface area contributed by atoms with E-state index in [4.69, 9.17) is 15.8 Å². The van der Waals surface area contributed by atoms with E-state index < -0.39 is 0 Å². The summed E-state index contributed by atoms with van der Waals surface area (Å²) in [6, 6.07) is 53.6. The Morgan fingerprint density at radius 2 is 0.855 bits per heavy atom. The van der Waals surface area contributed by atoms with Gasteiger partial charge in [-0.1, -0.05) is 36.4 Å². The molecule has 0 fully saturated rings. The zero-order valence-electron chi connectivity index (χ0n) is 40.5. The number of halogens is 2. The summed E-state index contributed by atoms with van der Waals surface area (Å²) in [6.45, 7) is 4.38. The topological polar surface area (TPSA) is 88.8 Å². The van der Waals surface area contributed by atoms with Gasteiger partial charge in [-0.15, -0.1) is 0 Å². The third kappa shape index (κ3) is 13.7. The Morgan fingerprint density at radius 1 is 0.449 bits per heavy atom. The lowest BCUT2D eigenvalue weighted by atomic mass is 10.0. The van der Waals surface area contributed by atoms with Crippen LogP contribution in [0.3, 0.4) is 0 Å². The molecule has 0 aliphatic carbocycles. The molecule has 0 saturated carbocycles. The summed E-state index contributed by atoms with van der Waals surface area (Å²) < 4.78 is 31.2. The van der Waals surface area contributed by atoms with Crippen molar-refractivity contribution in [1.82, 2.24) is 0 Å². The molecular formula is C59H60F2N8+2. The minimum atomic E-state index is -0.259. The summed E-state index contributed by atoms with van der Waals surface area (Å²) in [6.07, 6.45) is 7.72. The summed E-state index contributed by atoms with van der Waals surface area (Å²) in [4.78, 5) is 6.37. The van der Waals surface area contributed by atoms with Crippen LogP contribution in [0.15, 0.2) is 146 Å². The van der Waals surface area contributed by atoms with Crippen LogP contribution < -0.4 is 23.8 Å². The summed E-state index contributed by atoms with van der Waals surface area (Å²) in [5, 5.41) is 26.4. The highest BCUT2D eigenvalue weighted by Gasteiger charge is 2.18. The highest BCUT2D eigenvalue weighted by atomic mass is 19.1. The predicted molar refractivity (Wildman–Crippen MR) is 277 cm³/mol. The molecule has 0 aliphatic rings. The van der Waals surface area contributed by atoms with E-state index in [-0.39, 0.29) is 11.6 Å². The van der Waals surface area contributed by atoms with E-state index in [1.807, 2.05) is 40.3 Å². The van der Waals surface area contributed by atoms with Gasteiger partial charge >= 0.3 is 0 Å². The molecule has 10 heteroatoms. The van der Waals surface area contributed by atoms with E-state index in [2.05, 4.69) is 165 Å². The Morgan fingerprint density at radius 3 is 1.32 bits per heavy atom. The van der Waals surface area contributed by atoms with E-state index in [9.17, 15) is 8.78 Å². The first-order valence-corrected chi connectivity index (χ1v) is 23.2. The number of hydrogen-bond donors (Lipinski definition) is 0. The first kappa shape index (κ1) is 50.3. The molecule has 0 saturated heterocycles. The second-order valence-corrected chi connectivity index (χ2v) is 17.2. The van der Waals surface area contributed by atoms with E-state index in [0.717, 1.165) is 98.2 Å². The van der Waals surface area contributed by atoms with Gasteiger partial charge in [0, 0.05) is 113 Å². The number of benzene rings is 5. The molecule has 7 aromatic rings. The van der Waals surface area contributed by atoms with E-state index >= 15 is 0 Å². The molecule has 7 rings (SSSR count). The molecule has 0 amide bonds. The molecule has 0 unspecified atom stereocenters. The second kappa shape index (κ2) is 24.6. The second-order valence-electron chi connectivity index (χ2n) is 17.2. The fourth-order valence-corrected chi connectivity index (χ4v) is 7.98. The summed E-state index contributed by atoms with van der Waals surface area (Å²) >= 11 is 0. The fourth-order valence-electron chi connectivity index (χ4n) is 7.98. The molecule has 2 aromatic heterocycles. The first-order valence-electron chi connectivity index (χ1n) is 23.2. The standard InChI is InChI=1S/C36H37FN5.C23H23FN3/c1-40(24-6-4-5-22-38)33-17-8-28(9-18-33)10-19-35-26-31(27-36(42(35)3)30-11-15-32(37)16-12-30)29-13-20-34(21-14-29)41(2)25-7-23-39;1-17-15-20(16-23(27(17)3)19-5-9-21(24)10-6-19)18-7-11-22(12-8-18)26(2)14-4-13-25/h8-21,26-27H,4-7,24-25H2,1-3H3;5-12,15-16H,4,14H2,1-3H3/q2*+1. The Balaban J connectivity index is 0.000000249. The van der Waals surface area contributed by atoms with Gasteiger partial charge in [0.15, 0.2) is 5.69 Å². The van der Waals surface area contributed by atoms with Crippen LogP contribution in [0.25, 0.3) is 56.9 Å². The number of nitriles is 3. The monoisotopic (exact) mass is 918 g/mol. The predicted octanol–water partition coefficient (Wildman–Crippen LogP) is 12.3. The smallest absolute Gasteiger partial charge is 0.213 e. The molecule has 0 radical (unpaired) electrons. The largest absolute Gasteiger partial charge is 0.375 e. The minimum Gasteiger partial charge on any atom is -0.375 e. The van der Waals surface area contributed by atoms with Gasteiger partial charge in [0.2, 0.25) is 17.1 Å². The van der Waals surface area contributed by atoms with Gasteiger partial charge in [0.05, 0.1) is 31.0 Å². The number of rotatable bonds is 17. The van der Waals surface area contributed by atoms with Gasteiger partial charge in [0.1, 0.15) is 25.7 Å². The molecular weight excluding hydrogens is 859 g/mol. The Hall–Kier alpha value is -8.13. The van der Waals surface area contributed by atoms with Crippen LogP contribution in [0.4, 0.5) is 25.8 Å². The number of pyridine rings is 2. The van der Waals surface area contributed by atoms with Crippen molar-refractivity contribution < 1.29 is 17.9 Å². The zero-order valence-corrected chi connectivity index (χ0v) is 40.5.